The molecule has 0 bridgehead atoms. The first-order chi connectivity index (χ1) is 15.0. The van der Waals surface area contributed by atoms with E-state index >= 15 is 0 Å². The van der Waals surface area contributed by atoms with E-state index in [2.05, 4.69) is 10.2 Å². The Morgan fingerprint density at radius 3 is 2.71 bits per heavy atom. The van der Waals surface area contributed by atoms with Gasteiger partial charge in [-0.25, -0.2) is 4.39 Å². The van der Waals surface area contributed by atoms with Crippen molar-refractivity contribution in [3.8, 4) is 11.1 Å². The van der Waals surface area contributed by atoms with Crippen molar-refractivity contribution in [3.05, 3.63) is 95.3 Å². The Labute approximate surface area is 178 Å². The van der Waals surface area contributed by atoms with E-state index in [1.54, 1.807) is 12.1 Å². The highest BCUT2D eigenvalue weighted by molar-refractivity contribution is 6.10. The van der Waals surface area contributed by atoms with Gasteiger partial charge >= 0.3 is 0 Å². The summed E-state index contributed by atoms with van der Waals surface area (Å²) in [7, 11) is 0. The van der Waals surface area contributed by atoms with Crippen LogP contribution in [-0.2, 0) is 6.42 Å². The lowest BCUT2D eigenvalue weighted by Crippen LogP contribution is -2.06. The zero-order valence-corrected chi connectivity index (χ0v) is 16.9. The van der Waals surface area contributed by atoms with Crippen LogP contribution in [0.2, 0.25) is 0 Å². The molecule has 0 saturated carbocycles. The molecule has 0 aliphatic carbocycles. The predicted molar refractivity (Wildman–Crippen MR) is 123 cm³/mol. The Balaban J connectivity index is 1.56. The first-order valence-corrected chi connectivity index (χ1v) is 10.1. The van der Waals surface area contributed by atoms with Crippen molar-refractivity contribution < 1.29 is 9.18 Å². The number of nitrogen functional groups attached to an aromatic ring is 1. The van der Waals surface area contributed by atoms with E-state index in [1.807, 2.05) is 61.5 Å². The fourth-order valence-corrected chi connectivity index (χ4v) is 4.10. The average Bonchev–Trinajstić information content (AvgIpc) is 3.16. The van der Waals surface area contributed by atoms with Crippen LogP contribution >= 0.6 is 0 Å². The van der Waals surface area contributed by atoms with Gasteiger partial charge < -0.3 is 5.73 Å². The summed E-state index contributed by atoms with van der Waals surface area (Å²) in [5.74, 6) is -0.00120. The van der Waals surface area contributed by atoms with E-state index < -0.39 is 0 Å². The zero-order chi connectivity index (χ0) is 21.5. The number of hydrogen-bond donors (Lipinski definition) is 2. The van der Waals surface area contributed by atoms with Crippen LogP contribution in [0.3, 0.4) is 0 Å². The molecule has 152 valence electrons. The number of Topliss-reactive ketones (excluding diaryl/α,β-unsaturated/α-hetero) is 1. The Bertz CT molecular complexity index is 1470. The van der Waals surface area contributed by atoms with Gasteiger partial charge in [-0.15, -0.1) is 0 Å². The highest BCUT2D eigenvalue weighted by Crippen LogP contribution is 2.33. The van der Waals surface area contributed by atoms with Gasteiger partial charge in [-0.2, -0.15) is 5.10 Å². The van der Waals surface area contributed by atoms with E-state index in [4.69, 9.17) is 5.73 Å². The van der Waals surface area contributed by atoms with Crippen molar-refractivity contribution >= 4 is 33.3 Å². The molecule has 0 amide bonds. The number of aromatic amines is 1. The number of ketones is 1. The summed E-state index contributed by atoms with van der Waals surface area (Å²) in [4.78, 5) is 13.0. The molecule has 5 rings (SSSR count). The van der Waals surface area contributed by atoms with Crippen molar-refractivity contribution in [2.45, 2.75) is 13.3 Å². The van der Waals surface area contributed by atoms with E-state index in [1.165, 1.54) is 6.07 Å². The van der Waals surface area contributed by atoms with Gasteiger partial charge in [-0.3, -0.25) is 9.89 Å². The van der Waals surface area contributed by atoms with Crippen LogP contribution in [0.25, 0.3) is 32.8 Å². The molecule has 0 atom stereocenters. The minimum Gasteiger partial charge on any atom is -0.382 e. The molecule has 1 heterocycles. The molecule has 31 heavy (non-hydrogen) atoms. The molecule has 1 aromatic heterocycles. The van der Waals surface area contributed by atoms with Crippen LogP contribution in [0.5, 0.6) is 0 Å². The molecule has 0 aliphatic heterocycles. The third-order valence-corrected chi connectivity index (χ3v) is 5.67. The fourth-order valence-electron chi connectivity index (χ4n) is 4.10. The van der Waals surface area contributed by atoms with Crippen molar-refractivity contribution in [1.29, 1.82) is 0 Å². The maximum absolute atomic E-state index is 14.2. The van der Waals surface area contributed by atoms with E-state index in [0.29, 0.717) is 16.9 Å². The maximum Gasteiger partial charge on any atom is 0.167 e. The van der Waals surface area contributed by atoms with Crippen LogP contribution in [0.4, 0.5) is 10.2 Å². The zero-order valence-electron chi connectivity index (χ0n) is 16.9. The van der Waals surface area contributed by atoms with Crippen molar-refractivity contribution in [3.63, 3.8) is 0 Å². The summed E-state index contributed by atoms with van der Waals surface area (Å²) in [6.45, 7) is 1.83. The topological polar surface area (TPSA) is 71.8 Å². The number of carbonyl (C=O) groups excluding carboxylic acids is 1. The Morgan fingerprint density at radius 1 is 1.03 bits per heavy atom. The first kappa shape index (κ1) is 19.0. The number of hydrogen-bond acceptors (Lipinski definition) is 3. The minimum atomic E-state index is -0.346. The average molecular weight is 409 g/mol. The summed E-state index contributed by atoms with van der Waals surface area (Å²) in [6.07, 6.45) is 0.0256. The number of rotatable bonds is 4. The molecule has 5 aromatic rings. The number of carbonyl (C=O) groups is 1. The second kappa shape index (κ2) is 7.36. The van der Waals surface area contributed by atoms with E-state index in [0.717, 1.165) is 38.4 Å². The highest BCUT2D eigenvalue weighted by atomic mass is 19.1. The third kappa shape index (κ3) is 3.34. The number of benzene rings is 4. The van der Waals surface area contributed by atoms with Gasteiger partial charge in [0.25, 0.3) is 0 Å². The monoisotopic (exact) mass is 409 g/mol. The van der Waals surface area contributed by atoms with Gasteiger partial charge in [0.15, 0.2) is 11.6 Å². The molecule has 0 radical (unpaired) electrons. The maximum atomic E-state index is 14.2. The summed E-state index contributed by atoms with van der Waals surface area (Å²) in [5, 5.41) is 9.71. The normalized spacial score (nSPS) is 11.3. The number of aromatic nitrogens is 2. The van der Waals surface area contributed by atoms with Gasteiger partial charge in [0, 0.05) is 12.0 Å². The van der Waals surface area contributed by atoms with Crippen molar-refractivity contribution in [2.75, 3.05) is 5.73 Å². The van der Waals surface area contributed by atoms with E-state index in [-0.39, 0.29) is 18.0 Å². The molecular formula is C26H20FN3O. The van der Waals surface area contributed by atoms with Gasteiger partial charge in [0.1, 0.15) is 5.82 Å². The number of H-pyrrole nitrogens is 1. The number of halogens is 1. The smallest absolute Gasteiger partial charge is 0.167 e. The van der Waals surface area contributed by atoms with Crippen LogP contribution in [0.1, 0.15) is 21.5 Å². The number of nitrogens with two attached hydrogens (primary N) is 1. The number of anilines is 1. The Kier molecular flexibility index (Phi) is 4.51. The van der Waals surface area contributed by atoms with Crippen LogP contribution in [0, 0.1) is 12.7 Å². The summed E-state index contributed by atoms with van der Waals surface area (Å²) < 4.78 is 14.2. The molecular weight excluding hydrogens is 389 g/mol. The van der Waals surface area contributed by atoms with Crippen LogP contribution in [-0.4, -0.2) is 16.0 Å². The largest absolute Gasteiger partial charge is 0.382 e. The molecule has 0 unspecified atom stereocenters. The van der Waals surface area contributed by atoms with E-state index in [9.17, 15) is 9.18 Å². The van der Waals surface area contributed by atoms with Crippen molar-refractivity contribution in [2.24, 2.45) is 0 Å². The lowest BCUT2D eigenvalue weighted by molar-refractivity contribution is 0.0993. The molecule has 0 aliphatic rings. The highest BCUT2D eigenvalue weighted by Gasteiger charge is 2.15. The molecule has 3 N–H and O–H groups in total. The molecule has 4 aromatic carbocycles. The SMILES string of the molecule is Cc1ccc(CC(=O)c2cccc3cc(-c4cccc5[nH]nc(N)c45)ccc23)c(F)c1. The second-order valence-electron chi connectivity index (χ2n) is 7.77. The summed E-state index contributed by atoms with van der Waals surface area (Å²) in [6, 6.07) is 22.4. The Hall–Kier alpha value is -3.99. The first-order valence-electron chi connectivity index (χ1n) is 10.1. The van der Waals surface area contributed by atoms with Gasteiger partial charge in [0.2, 0.25) is 0 Å². The molecule has 4 nitrogen and oxygen atoms in total. The van der Waals surface area contributed by atoms with Crippen LogP contribution in [0.15, 0.2) is 72.8 Å². The lowest BCUT2D eigenvalue weighted by atomic mass is 9.93. The second-order valence-corrected chi connectivity index (χ2v) is 7.77. The summed E-state index contributed by atoms with van der Waals surface area (Å²) in [5.41, 5.74) is 10.7. The quantitative estimate of drug-likeness (QED) is 0.366. The number of nitrogens with zero attached hydrogens (tertiary/aromatic N) is 1. The van der Waals surface area contributed by atoms with Gasteiger partial charge in [0.05, 0.1) is 10.9 Å². The predicted octanol–water partition coefficient (Wildman–Crippen LogP) is 5.84. The van der Waals surface area contributed by atoms with Gasteiger partial charge in [-0.05, 0) is 58.1 Å². The van der Waals surface area contributed by atoms with Crippen LogP contribution < -0.4 is 5.73 Å². The lowest BCUT2D eigenvalue weighted by Gasteiger charge is -2.10. The summed E-state index contributed by atoms with van der Waals surface area (Å²) >= 11 is 0. The van der Waals surface area contributed by atoms with Gasteiger partial charge in [-0.1, -0.05) is 54.6 Å². The molecule has 0 saturated heterocycles. The number of aryl methyl sites for hydroxylation is 1. The minimum absolute atomic E-state index is 0.0256. The fraction of sp³-hybridized carbons (Fsp3) is 0.0769. The number of fused-ring (bicyclic) bond motifs is 2. The standard InChI is InChI=1S/C26H20FN3O/c1-15-8-9-18(22(27)12-15)14-24(31)21-6-2-4-16-13-17(10-11-19(16)21)20-5-3-7-23-25(20)26(28)30-29-23/h2-13H,14H2,1H3,(H3,28,29,30). The molecule has 0 fully saturated rings. The molecule has 5 heteroatoms. The Morgan fingerprint density at radius 2 is 1.87 bits per heavy atom. The third-order valence-electron chi connectivity index (χ3n) is 5.67. The molecule has 0 spiro atoms. The van der Waals surface area contributed by atoms with Crippen molar-refractivity contribution in [1.82, 2.24) is 10.2 Å². The number of nitrogens with one attached hydrogen (secondary N) is 1.